The molecule has 1 saturated heterocycles. The molecule has 0 aliphatic carbocycles. The van der Waals surface area contributed by atoms with Crippen molar-refractivity contribution in [3.63, 3.8) is 0 Å². The van der Waals surface area contributed by atoms with Crippen LogP contribution in [0.2, 0.25) is 0 Å². The number of hydrogen-bond acceptors (Lipinski definition) is 6. The second-order valence-electron chi connectivity index (χ2n) is 7.69. The summed E-state index contributed by atoms with van der Waals surface area (Å²) in [5.41, 5.74) is 1.91. The molecule has 1 N–H and O–H groups in total. The van der Waals surface area contributed by atoms with E-state index in [0.29, 0.717) is 24.7 Å². The first-order valence-corrected chi connectivity index (χ1v) is 12.4. The van der Waals surface area contributed by atoms with E-state index in [2.05, 4.69) is 10.2 Å². The van der Waals surface area contributed by atoms with Crippen molar-refractivity contribution in [3.05, 3.63) is 78.9 Å². The normalized spacial score (nSPS) is 13.9. The Morgan fingerprint density at radius 3 is 2.29 bits per heavy atom. The van der Waals surface area contributed by atoms with Gasteiger partial charge in [0.25, 0.3) is 10.0 Å². The molecule has 1 aliphatic rings. The van der Waals surface area contributed by atoms with Crippen molar-refractivity contribution in [2.45, 2.75) is 4.90 Å². The molecular weight excluding hydrogens is 454 g/mol. The minimum Gasteiger partial charge on any atom is -0.495 e. The molecule has 0 radical (unpaired) electrons. The van der Waals surface area contributed by atoms with Crippen LogP contribution in [0.5, 0.6) is 5.75 Å². The zero-order valence-corrected chi connectivity index (χ0v) is 19.7. The fourth-order valence-corrected chi connectivity index (χ4v) is 5.22. The SMILES string of the molecule is COc1ccccc1N(CC(=O)Nc1ccc(N2CCOCC2)cc1)S(=O)(=O)c1ccccc1. The highest BCUT2D eigenvalue weighted by molar-refractivity contribution is 7.92. The number of benzene rings is 3. The number of para-hydroxylation sites is 2. The van der Waals surface area contributed by atoms with Gasteiger partial charge in [0.2, 0.25) is 5.91 Å². The highest BCUT2D eigenvalue weighted by Gasteiger charge is 2.29. The van der Waals surface area contributed by atoms with E-state index in [1.807, 2.05) is 24.3 Å². The minimum atomic E-state index is -4.02. The summed E-state index contributed by atoms with van der Waals surface area (Å²) in [6.07, 6.45) is 0. The summed E-state index contributed by atoms with van der Waals surface area (Å²) in [5, 5.41) is 2.80. The van der Waals surface area contributed by atoms with Gasteiger partial charge >= 0.3 is 0 Å². The van der Waals surface area contributed by atoms with Crippen LogP contribution in [0.1, 0.15) is 0 Å². The fraction of sp³-hybridized carbons (Fsp3) is 0.240. The number of ether oxygens (including phenoxy) is 2. The summed E-state index contributed by atoms with van der Waals surface area (Å²) >= 11 is 0. The summed E-state index contributed by atoms with van der Waals surface area (Å²) in [5.74, 6) is -0.116. The number of hydrogen-bond donors (Lipinski definition) is 1. The number of anilines is 3. The van der Waals surface area contributed by atoms with E-state index in [1.165, 1.54) is 19.2 Å². The van der Waals surface area contributed by atoms with E-state index in [4.69, 9.17) is 9.47 Å². The van der Waals surface area contributed by atoms with Gasteiger partial charge in [0, 0.05) is 24.5 Å². The zero-order valence-electron chi connectivity index (χ0n) is 18.9. The van der Waals surface area contributed by atoms with Crippen molar-refractivity contribution < 1.29 is 22.7 Å². The molecule has 9 heteroatoms. The van der Waals surface area contributed by atoms with E-state index in [9.17, 15) is 13.2 Å². The van der Waals surface area contributed by atoms with Crippen molar-refractivity contribution >= 4 is 33.0 Å². The lowest BCUT2D eigenvalue weighted by Gasteiger charge is -2.29. The molecule has 178 valence electrons. The first-order valence-electron chi connectivity index (χ1n) is 10.9. The summed E-state index contributed by atoms with van der Waals surface area (Å²) < 4.78 is 38.8. The first-order chi connectivity index (χ1) is 16.5. The zero-order chi connectivity index (χ0) is 24.0. The third-order valence-electron chi connectivity index (χ3n) is 5.50. The van der Waals surface area contributed by atoms with Gasteiger partial charge in [0.15, 0.2) is 0 Å². The molecule has 1 heterocycles. The second kappa shape index (κ2) is 10.6. The second-order valence-corrected chi connectivity index (χ2v) is 9.55. The number of nitrogens with zero attached hydrogens (tertiary/aromatic N) is 2. The fourth-order valence-electron chi connectivity index (χ4n) is 3.76. The highest BCUT2D eigenvalue weighted by Crippen LogP contribution is 2.32. The molecule has 0 spiro atoms. The Hall–Kier alpha value is -3.56. The Morgan fingerprint density at radius 1 is 0.971 bits per heavy atom. The molecule has 8 nitrogen and oxygen atoms in total. The van der Waals surface area contributed by atoms with Gasteiger partial charge in [0.1, 0.15) is 12.3 Å². The molecular formula is C25H27N3O5S. The predicted octanol–water partition coefficient (Wildman–Crippen LogP) is 3.37. The van der Waals surface area contributed by atoms with Gasteiger partial charge in [-0.15, -0.1) is 0 Å². The number of sulfonamides is 1. The molecule has 34 heavy (non-hydrogen) atoms. The summed E-state index contributed by atoms with van der Waals surface area (Å²) in [6.45, 7) is 2.59. The van der Waals surface area contributed by atoms with Crippen LogP contribution in [0.25, 0.3) is 0 Å². The number of carbonyl (C=O) groups is 1. The van der Waals surface area contributed by atoms with Gasteiger partial charge in [-0.3, -0.25) is 9.10 Å². The largest absolute Gasteiger partial charge is 0.495 e. The van der Waals surface area contributed by atoms with Crippen LogP contribution >= 0.6 is 0 Å². The Labute approximate surface area is 199 Å². The maximum absolute atomic E-state index is 13.5. The van der Waals surface area contributed by atoms with Crippen molar-refractivity contribution in [1.82, 2.24) is 0 Å². The number of methoxy groups -OCH3 is 1. The van der Waals surface area contributed by atoms with Crippen molar-refractivity contribution in [2.75, 3.05) is 54.5 Å². The molecule has 3 aromatic carbocycles. The van der Waals surface area contributed by atoms with Gasteiger partial charge in [-0.05, 0) is 48.5 Å². The van der Waals surface area contributed by atoms with E-state index >= 15 is 0 Å². The molecule has 0 aromatic heterocycles. The standard InChI is InChI=1S/C25H27N3O5S/c1-32-24-10-6-5-9-23(24)28(34(30,31)22-7-3-2-4-8-22)19-25(29)26-20-11-13-21(14-12-20)27-15-17-33-18-16-27/h2-14H,15-19H2,1H3,(H,26,29). The van der Waals surface area contributed by atoms with Gasteiger partial charge in [-0.1, -0.05) is 30.3 Å². The van der Waals surface area contributed by atoms with Crippen molar-refractivity contribution in [3.8, 4) is 5.75 Å². The third kappa shape index (κ3) is 5.32. The van der Waals surface area contributed by atoms with Gasteiger partial charge in [0.05, 0.1) is 30.9 Å². The van der Waals surface area contributed by atoms with Gasteiger partial charge < -0.3 is 19.7 Å². The van der Waals surface area contributed by atoms with Crippen LogP contribution in [0.4, 0.5) is 17.1 Å². The molecule has 1 fully saturated rings. The number of carbonyl (C=O) groups excluding carboxylic acids is 1. The van der Waals surface area contributed by atoms with E-state index in [1.54, 1.807) is 42.5 Å². The van der Waals surface area contributed by atoms with Crippen molar-refractivity contribution in [2.24, 2.45) is 0 Å². The summed E-state index contributed by atoms with van der Waals surface area (Å²) in [6, 6.07) is 22.2. The molecule has 0 unspecified atom stereocenters. The average Bonchev–Trinajstić information content (AvgIpc) is 2.88. The number of amides is 1. The number of rotatable bonds is 8. The lowest BCUT2D eigenvalue weighted by atomic mass is 10.2. The van der Waals surface area contributed by atoms with Crippen LogP contribution < -0.4 is 19.3 Å². The maximum Gasteiger partial charge on any atom is 0.264 e. The predicted molar refractivity (Wildman–Crippen MR) is 132 cm³/mol. The van der Waals surface area contributed by atoms with E-state index < -0.39 is 22.5 Å². The molecule has 0 saturated carbocycles. The molecule has 4 rings (SSSR count). The average molecular weight is 482 g/mol. The van der Waals surface area contributed by atoms with Crippen molar-refractivity contribution in [1.29, 1.82) is 0 Å². The summed E-state index contributed by atoms with van der Waals surface area (Å²) in [4.78, 5) is 15.3. The topological polar surface area (TPSA) is 88.2 Å². The molecule has 1 aliphatic heterocycles. The smallest absolute Gasteiger partial charge is 0.264 e. The molecule has 3 aromatic rings. The Morgan fingerprint density at radius 2 is 1.62 bits per heavy atom. The molecule has 0 atom stereocenters. The maximum atomic E-state index is 13.5. The van der Waals surface area contributed by atoms with Crippen LogP contribution in [0.3, 0.4) is 0 Å². The van der Waals surface area contributed by atoms with Crippen LogP contribution in [0.15, 0.2) is 83.8 Å². The van der Waals surface area contributed by atoms with Gasteiger partial charge in [-0.25, -0.2) is 8.42 Å². The summed E-state index contributed by atoms with van der Waals surface area (Å²) in [7, 11) is -2.56. The Bertz CT molecular complexity index is 1210. The Kier molecular flexibility index (Phi) is 7.34. The lowest BCUT2D eigenvalue weighted by molar-refractivity contribution is -0.114. The number of nitrogens with one attached hydrogen (secondary N) is 1. The van der Waals surface area contributed by atoms with Gasteiger partial charge in [-0.2, -0.15) is 0 Å². The lowest BCUT2D eigenvalue weighted by Crippen LogP contribution is -2.38. The van der Waals surface area contributed by atoms with E-state index in [0.717, 1.165) is 23.1 Å². The minimum absolute atomic E-state index is 0.0866. The van der Waals surface area contributed by atoms with Crippen LogP contribution in [-0.4, -0.2) is 54.3 Å². The van der Waals surface area contributed by atoms with E-state index in [-0.39, 0.29) is 10.6 Å². The first kappa shape index (κ1) is 23.6. The van der Waals surface area contributed by atoms with Crippen LogP contribution in [-0.2, 0) is 19.6 Å². The monoisotopic (exact) mass is 481 g/mol. The van der Waals surface area contributed by atoms with Crippen LogP contribution in [0, 0.1) is 0 Å². The Balaban J connectivity index is 1.56. The highest BCUT2D eigenvalue weighted by atomic mass is 32.2. The quantitative estimate of drug-likeness (QED) is 0.531. The third-order valence-corrected chi connectivity index (χ3v) is 7.27. The molecule has 1 amide bonds. The molecule has 0 bridgehead atoms. The number of morpholine rings is 1.